The van der Waals surface area contributed by atoms with E-state index in [-0.39, 0.29) is 48.1 Å². The zero-order chi connectivity index (χ0) is 17.2. The van der Waals surface area contributed by atoms with E-state index < -0.39 is 0 Å². The highest BCUT2D eigenvalue weighted by Crippen LogP contribution is 2.33. The van der Waals surface area contributed by atoms with Crippen molar-refractivity contribution in [3.8, 4) is 0 Å². The van der Waals surface area contributed by atoms with Crippen molar-refractivity contribution in [2.75, 3.05) is 45.8 Å². The molecule has 152 valence electrons. The lowest BCUT2D eigenvalue weighted by atomic mass is 9.74. The minimum Gasteiger partial charge on any atom is -0.339 e. The normalized spacial score (nSPS) is 29.7. The Morgan fingerprint density at radius 1 is 0.923 bits per heavy atom. The lowest BCUT2D eigenvalue weighted by Crippen LogP contribution is -2.58. The summed E-state index contributed by atoms with van der Waals surface area (Å²) in [6, 6.07) is 0. The molecule has 8 heteroatoms. The Bertz CT molecular complexity index is 476. The van der Waals surface area contributed by atoms with Crippen molar-refractivity contribution in [3.05, 3.63) is 0 Å². The number of piperazine rings is 1. The molecule has 2 heterocycles. The van der Waals surface area contributed by atoms with Crippen molar-refractivity contribution in [1.29, 1.82) is 0 Å². The zero-order valence-electron chi connectivity index (χ0n) is 15.8. The summed E-state index contributed by atoms with van der Waals surface area (Å²) in [7, 11) is 0. The van der Waals surface area contributed by atoms with Gasteiger partial charge in [-0.05, 0) is 45.7 Å². The van der Waals surface area contributed by atoms with Gasteiger partial charge in [-0.1, -0.05) is 12.8 Å². The van der Waals surface area contributed by atoms with Gasteiger partial charge in [-0.15, -0.1) is 24.8 Å². The number of hydrogen-bond donors (Lipinski definition) is 1. The number of nitrogens with two attached hydrogens (primary N) is 1. The molecule has 2 N–H and O–H groups in total. The maximum Gasteiger partial charge on any atom is 0.236 e. The smallest absolute Gasteiger partial charge is 0.236 e. The number of hydrogen-bond acceptors (Lipinski definition) is 4. The van der Waals surface area contributed by atoms with Crippen LogP contribution in [0.4, 0.5) is 0 Å². The summed E-state index contributed by atoms with van der Waals surface area (Å²) in [4.78, 5) is 31.3. The third-order valence-electron chi connectivity index (χ3n) is 6.05. The second-order valence-corrected chi connectivity index (χ2v) is 7.99. The molecule has 0 aromatic carbocycles. The first-order chi connectivity index (χ1) is 11.5. The van der Waals surface area contributed by atoms with Crippen LogP contribution >= 0.6 is 24.8 Å². The first-order valence-corrected chi connectivity index (χ1v) is 9.55. The highest BCUT2D eigenvalue weighted by atomic mass is 35.5. The first kappa shape index (κ1) is 23.5. The Balaban J connectivity index is 0.00000169. The van der Waals surface area contributed by atoms with Gasteiger partial charge in [-0.3, -0.25) is 14.5 Å². The van der Waals surface area contributed by atoms with Crippen LogP contribution in [0.15, 0.2) is 0 Å². The fourth-order valence-electron chi connectivity index (χ4n) is 4.39. The van der Waals surface area contributed by atoms with Crippen molar-refractivity contribution < 1.29 is 9.59 Å². The Hall–Kier alpha value is -0.560. The number of rotatable bonds is 3. The molecule has 0 bridgehead atoms. The highest BCUT2D eigenvalue weighted by Gasteiger charge is 2.40. The Kier molecular flexibility index (Phi) is 9.13. The van der Waals surface area contributed by atoms with Crippen LogP contribution in [-0.4, -0.2) is 77.9 Å². The van der Waals surface area contributed by atoms with E-state index in [0.29, 0.717) is 32.7 Å². The number of likely N-dealkylation sites (tertiary alicyclic amines) is 1. The Morgan fingerprint density at radius 2 is 1.50 bits per heavy atom. The van der Waals surface area contributed by atoms with Crippen LogP contribution in [0, 0.1) is 5.92 Å². The molecule has 3 rings (SSSR count). The van der Waals surface area contributed by atoms with Crippen LogP contribution < -0.4 is 5.73 Å². The summed E-state index contributed by atoms with van der Waals surface area (Å²) in [6.45, 7) is 7.26. The van der Waals surface area contributed by atoms with E-state index in [1.54, 1.807) is 0 Å². The Labute approximate surface area is 169 Å². The number of nitrogens with zero attached hydrogens (tertiary/aromatic N) is 3. The molecule has 26 heavy (non-hydrogen) atoms. The predicted molar refractivity (Wildman–Crippen MR) is 108 cm³/mol. The molecule has 0 spiro atoms. The van der Waals surface area contributed by atoms with Crippen molar-refractivity contribution in [1.82, 2.24) is 14.7 Å². The third kappa shape index (κ3) is 5.47. The van der Waals surface area contributed by atoms with Crippen LogP contribution in [0.25, 0.3) is 0 Å². The zero-order valence-corrected chi connectivity index (χ0v) is 17.5. The van der Waals surface area contributed by atoms with Crippen molar-refractivity contribution in [2.45, 2.75) is 51.0 Å². The van der Waals surface area contributed by atoms with Crippen LogP contribution in [0.3, 0.4) is 0 Å². The third-order valence-corrected chi connectivity index (χ3v) is 6.05. The lowest BCUT2D eigenvalue weighted by Gasteiger charge is -2.42. The van der Waals surface area contributed by atoms with Gasteiger partial charge in [0.25, 0.3) is 0 Å². The van der Waals surface area contributed by atoms with E-state index in [1.807, 2.05) is 16.7 Å². The van der Waals surface area contributed by atoms with Crippen LogP contribution in [0.5, 0.6) is 0 Å². The van der Waals surface area contributed by atoms with Gasteiger partial charge in [-0.25, -0.2) is 0 Å². The molecule has 1 aliphatic carbocycles. The summed E-state index contributed by atoms with van der Waals surface area (Å²) in [5, 5.41) is 0. The van der Waals surface area contributed by atoms with E-state index in [4.69, 9.17) is 5.73 Å². The lowest BCUT2D eigenvalue weighted by molar-refractivity contribution is -0.144. The predicted octanol–water partition coefficient (Wildman–Crippen LogP) is 1.50. The van der Waals surface area contributed by atoms with Crippen LogP contribution in [0.1, 0.15) is 45.4 Å². The van der Waals surface area contributed by atoms with Gasteiger partial charge in [0.2, 0.25) is 11.8 Å². The topological polar surface area (TPSA) is 69.9 Å². The van der Waals surface area contributed by atoms with Gasteiger partial charge in [0.1, 0.15) is 0 Å². The van der Waals surface area contributed by atoms with E-state index >= 15 is 0 Å². The molecule has 3 aliphatic rings. The molecular formula is C18H34Cl2N4O2. The second-order valence-electron chi connectivity index (χ2n) is 7.99. The number of halogens is 2. The summed E-state index contributed by atoms with van der Waals surface area (Å²) in [5.41, 5.74) is 6.00. The minimum atomic E-state index is -0.377. The molecule has 0 aromatic heterocycles. The number of amides is 2. The SMILES string of the molecule is CC1(N)CCCCC1C(=O)N1CCN(C(=O)CN2CCCC2)CC1.Cl.Cl. The molecule has 1 saturated carbocycles. The van der Waals surface area contributed by atoms with Crippen molar-refractivity contribution in [3.63, 3.8) is 0 Å². The van der Waals surface area contributed by atoms with Crippen molar-refractivity contribution >= 4 is 36.6 Å². The maximum absolute atomic E-state index is 12.9. The summed E-state index contributed by atoms with van der Waals surface area (Å²) < 4.78 is 0. The first-order valence-electron chi connectivity index (χ1n) is 9.55. The average Bonchev–Trinajstić information content (AvgIpc) is 3.07. The van der Waals surface area contributed by atoms with Crippen LogP contribution in [0.2, 0.25) is 0 Å². The monoisotopic (exact) mass is 408 g/mol. The molecule has 0 radical (unpaired) electrons. The molecular weight excluding hydrogens is 375 g/mol. The molecule has 6 nitrogen and oxygen atoms in total. The molecule has 2 unspecified atom stereocenters. The molecule has 2 aliphatic heterocycles. The minimum absolute atomic E-state index is 0. The van der Waals surface area contributed by atoms with Gasteiger partial charge >= 0.3 is 0 Å². The Morgan fingerprint density at radius 3 is 2.08 bits per heavy atom. The number of carbonyl (C=O) groups excluding carboxylic acids is 2. The molecule has 0 aromatic rings. The molecule has 2 saturated heterocycles. The van der Waals surface area contributed by atoms with E-state index in [1.165, 1.54) is 12.8 Å². The van der Waals surface area contributed by atoms with Crippen molar-refractivity contribution in [2.24, 2.45) is 11.7 Å². The van der Waals surface area contributed by atoms with E-state index in [2.05, 4.69) is 4.90 Å². The van der Waals surface area contributed by atoms with Gasteiger partial charge in [0, 0.05) is 31.7 Å². The van der Waals surface area contributed by atoms with Gasteiger partial charge < -0.3 is 15.5 Å². The quantitative estimate of drug-likeness (QED) is 0.767. The fraction of sp³-hybridized carbons (Fsp3) is 0.889. The second kappa shape index (κ2) is 10.1. The summed E-state index contributed by atoms with van der Waals surface area (Å²) in [6.07, 6.45) is 6.45. The maximum atomic E-state index is 12.9. The molecule has 2 amide bonds. The van der Waals surface area contributed by atoms with Gasteiger partial charge in [-0.2, -0.15) is 0 Å². The fourth-order valence-corrected chi connectivity index (χ4v) is 4.39. The molecule has 3 fully saturated rings. The number of carbonyl (C=O) groups is 2. The summed E-state index contributed by atoms with van der Waals surface area (Å²) >= 11 is 0. The van der Waals surface area contributed by atoms with E-state index in [0.717, 1.165) is 38.8 Å². The standard InChI is InChI=1S/C18H32N4O2.2ClH/c1-18(19)7-3-2-6-15(18)17(24)22-12-10-21(11-13-22)16(23)14-20-8-4-5-9-20;;/h15H,2-14,19H2,1H3;2*1H. The van der Waals surface area contributed by atoms with E-state index in [9.17, 15) is 9.59 Å². The van der Waals surface area contributed by atoms with Gasteiger partial charge in [0.15, 0.2) is 0 Å². The van der Waals surface area contributed by atoms with Gasteiger partial charge in [0.05, 0.1) is 12.5 Å². The van der Waals surface area contributed by atoms with Crippen LogP contribution in [-0.2, 0) is 9.59 Å². The molecule has 2 atom stereocenters. The largest absolute Gasteiger partial charge is 0.339 e. The average molecular weight is 409 g/mol. The summed E-state index contributed by atoms with van der Waals surface area (Å²) in [5.74, 6) is 0.356. The highest BCUT2D eigenvalue weighted by molar-refractivity contribution is 5.85.